The molecule has 1 fully saturated rings. The highest BCUT2D eigenvalue weighted by atomic mass is 16.4. The molecular formula is C17H20N4O2. The quantitative estimate of drug-likeness (QED) is 0.926. The number of aliphatic carboxylic acids is 1. The van der Waals surface area contributed by atoms with Crippen molar-refractivity contribution < 1.29 is 9.90 Å². The molecule has 2 aromatic rings. The van der Waals surface area contributed by atoms with Crippen molar-refractivity contribution in [1.82, 2.24) is 14.9 Å². The fourth-order valence-electron chi connectivity index (χ4n) is 2.80. The minimum Gasteiger partial charge on any atom is -0.480 e. The highest BCUT2D eigenvalue weighted by Gasteiger charge is 2.20. The number of piperazine rings is 1. The van der Waals surface area contributed by atoms with Gasteiger partial charge in [-0.3, -0.25) is 9.69 Å². The van der Waals surface area contributed by atoms with Crippen LogP contribution < -0.4 is 4.90 Å². The van der Waals surface area contributed by atoms with E-state index in [1.54, 1.807) is 0 Å². The molecule has 1 aromatic carbocycles. The third-order valence-electron chi connectivity index (χ3n) is 3.95. The van der Waals surface area contributed by atoms with Crippen molar-refractivity contribution in [2.75, 3.05) is 37.6 Å². The van der Waals surface area contributed by atoms with E-state index in [4.69, 9.17) is 5.11 Å². The number of anilines is 1. The second kappa shape index (κ2) is 6.75. The lowest BCUT2D eigenvalue weighted by molar-refractivity contribution is -0.138. The standard InChI is InChI=1S/C17H20N4O2/c1-13-18-15(14-5-3-2-4-6-14)11-16(19-13)21-9-7-20(8-10-21)12-17(22)23/h2-6,11H,7-10,12H2,1H3,(H,22,23). The summed E-state index contributed by atoms with van der Waals surface area (Å²) < 4.78 is 0. The van der Waals surface area contributed by atoms with E-state index in [1.165, 1.54) is 0 Å². The van der Waals surface area contributed by atoms with Gasteiger partial charge in [0.05, 0.1) is 12.2 Å². The fourth-order valence-corrected chi connectivity index (χ4v) is 2.80. The van der Waals surface area contributed by atoms with Crippen LogP contribution in [0.2, 0.25) is 0 Å². The van der Waals surface area contributed by atoms with Crippen LogP contribution in [-0.2, 0) is 4.79 Å². The Hall–Kier alpha value is -2.47. The van der Waals surface area contributed by atoms with Crippen molar-refractivity contribution in [2.45, 2.75) is 6.92 Å². The first-order valence-electron chi connectivity index (χ1n) is 7.72. The van der Waals surface area contributed by atoms with E-state index in [1.807, 2.05) is 48.2 Å². The molecule has 3 rings (SSSR count). The number of rotatable bonds is 4. The Kier molecular flexibility index (Phi) is 4.52. The summed E-state index contributed by atoms with van der Waals surface area (Å²) in [6, 6.07) is 12.1. The monoisotopic (exact) mass is 312 g/mol. The van der Waals surface area contributed by atoms with Crippen molar-refractivity contribution >= 4 is 11.8 Å². The third-order valence-corrected chi connectivity index (χ3v) is 3.95. The molecule has 2 heterocycles. The van der Waals surface area contributed by atoms with Crippen LogP contribution in [0.3, 0.4) is 0 Å². The van der Waals surface area contributed by atoms with Gasteiger partial charge in [0.2, 0.25) is 0 Å². The molecule has 6 heteroatoms. The number of carboxylic acids is 1. The zero-order valence-electron chi connectivity index (χ0n) is 13.1. The average Bonchev–Trinajstić information content (AvgIpc) is 2.55. The number of carbonyl (C=O) groups is 1. The van der Waals surface area contributed by atoms with Gasteiger partial charge in [0, 0.05) is 37.8 Å². The Morgan fingerprint density at radius 1 is 1.13 bits per heavy atom. The molecular weight excluding hydrogens is 292 g/mol. The fraction of sp³-hybridized carbons (Fsp3) is 0.353. The number of aromatic nitrogens is 2. The summed E-state index contributed by atoms with van der Waals surface area (Å²) in [5.41, 5.74) is 1.99. The van der Waals surface area contributed by atoms with Gasteiger partial charge in [0.25, 0.3) is 0 Å². The van der Waals surface area contributed by atoms with Crippen LogP contribution in [-0.4, -0.2) is 58.7 Å². The van der Waals surface area contributed by atoms with Crippen molar-refractivity contribution in [3.8, 4) is 11.3 Å². The Morgan fingerprint density at radius 2 is 1.83 bits per heavy atom. The molecule has 0 amide bonds. The first kappa shape index (κ1) is 15.4. The molecule has 23 heavy (non-hydrogen) atoms. The second-order valence-corrected chi connectivity index (χ2v) is 5.68. The van der Waals surface area contributed by atoms with Crippen molar-refractivity contribution in [3.05, 3.63) is 42.2 Å². The number of benzene rings is 1. The van der Waals surface area contributed by atoms with Crippen LogP contribution in [0.1, 0.15) is 5.82 Å². The molecule has 0 saturated carbocycles. The van der Waals surface area contributed by atoms with Gasteiger partial charge in [-0.15, -0.1) is 0 Å². The molecule has 120 valence electrons. The van der Waals surface area contributed by atoms with Crippen LogP contribution in [0.15, 0.2) is 36.4 Å². The number of hydrogen-bond acceptors (Lipinski definition) is 5. The molecule has 1 N–H and O–H groups in total. The molecule has 0 atom stereocenters. The number of hydrogen-bond donors (Lipinski definition) is 1. The lowest BCUT2D eigenvalue weighted by Crippen LogP contribution is -2.48. The molecule has 0 aliphatic carbocycles. The zero-order chi connectivity index (χ0) is 16.2. The molecule has 1 aliphatic rings. The van der Waals surface area contributed by atoms with E-state index in [0.29, 0.717) is 0 Å². The Bertz CT molecular complexity index is 682. The van der Waals surface area contributed by atoms with E-state index in [2.05, 4.69) is 14.9 Å². The predicted octanol–water partition coefficient (Wildman–Crippen LogP) is 1.66. The van der Waals surface area contributed by atoms with Crippen molar-refractivity contribution in [2.24, 2.45) is 0 Å². The highest BCUT2D eigenvalue weighted by Crippen LogP contribution is 2.22. The predicted molar refractivity (Wildman–Crippen MR) is 88.5 cm³/mol. The minimum absolute atomic E-state index is 0.103. The van der Waals surface area contributed by atoms with Gasteiger partial charge in [-0.05, 0) is 6.92 Å². The SMILES string of the molecule is Cc1nc(-c2ccccc2)cc(N2CCN(CC(=O)O)CC2)n1. The largest absolute Gasteiger partial charge is 0.480 e. The minimum atomic E-state index is -0.775. The lowest BCUT2D eigenvalue weighted by Gasteiger charge is -2.34. The maximum Gasteiger partial charge on any atom is 0.317 e. The van der Waals surface area contributed by atoms with Gasteiger partial charge in [-0.1, -0.05) is 30.3 Å². The van der Waals surface area contributed by atoms with Gasteiger partial charge in [-0.25, -0.2) is 9.97 Å². The summed E-state index contributed by atoms with van der Waals surface area (Å²) in [5, 5.41) is 8.87. The summed E-state index contributed by atoms with van der Waals surface area (Å²) >= 11 is 0. The maximum absolute atomic E-state index is 10.8. The molecule has 0 spiro atoms. The van der Waals surface area contributed by atoms with E-state index < -0.39 is 5.97 Å². The summed E-state index contributed by atoms with van der Waals surface area (Å²) in [7, 11) is 0. The van der Waals surface area contributed by atoms with Crippen molar-refractivity contribution in [3.63, 3.8) is 0 Å². The molecule has 0 radical (unpaired) electrons. The van der Waals surface area contributed by atoms with Gasteiger partial charge in [0.15, 0.2) is 0 Å². The first-order chi connectivity index (χ1) is 11.1. The number of carboxylic acid groups (broad SMARTS) is 1. The van der Waals surface area contributed by atoms with Crippen LogP contribution >= 0.6 is 0 Å². The Morgan fingerprint density at radius 3 is 2.48 bits per heavy atom. The van der Waals surface area contributed by atoms with Crippen LogP contribution in [0.4, 0.5) is 5.82 Å². The lowest BCUT2D eigenvalue weighted by atomic mass is 10.1. The second-order valence-electron chi connectivity index (χ2n) is 5.68. The van der Waals surface area contributed by atoms with Crippen LogP contribution in [0, 0.1) is 6.92 Å². The molecule has 0 bridgehead atoms. The average molecular weight is 312 g/mol. The van der Waals surface area contributed by atoms with Crippen molar-refractivity contribution in [1.29, 1.82) is 0 Å². The van der Waals surface area contributed by atoms with Gasteiger partial charge in [-0.2, -0.15) is 0 Å². The molecule has 1 aliphatic heterocycles. The molecule has 1 aromatic heterocycles. The van der Waals surface area contributed by atoms with Crippen LogP contribution in [0.25, 0.3) is 11.3 Å². The van der Waals surface area contributed by atoms with Gasteiger partial charge < -0.3 is 10.0 Å². The summed E-state index contributed by atoms with van der Waals surface area (Å²) in [6.45, 7) is 5.02. The number of nitrogens with zero attached hydrogens (tertiary/aromatic N) is 4. The van der Waals surface area contributed by atoms with Gasteiger partial charge >= 0.3 is 5.97 Å². The highest BCUT2D eigenvalue weighted by molar-refractivity contribution is 5.69. The summed E-state index contributed by atoms with van der Waals surface area (Å²) in [4.78, 5) is 24.0. The smallest absolute Gasteiger partial charge is 0.317 e. The summed E-state index contributed by atoms with van der Waals surface area (Å²) in [5.74, 6) is 0.878. The third kappa shape index (κ3) is 3.84. The topological polar surface area (TPSA) is 69.6 Å². The molecule has 1 saturated heterocycles. The summed E-state index contributed by atoms with van der Waals surface area (Å²) in [6.07, 6.45) is 0. The molecule has 0 unspecified atom stereocenters. The van der Waals surface area contributed by atoms with E-state index >= 15 is 0 Å². The van der Waals surface area contributed by atoms with E-state index in [0.717, 1.165) is 49.1 Å². The molecule has 6 nitrogen and oxygen atoms in total. The number of aryl methyl sites for hydroxylation is 1. The Labute approximate surface area is 135 Å². The maximum atomic E-state index is 10.8. The van der Waals surface area contributed by atoms with E-state index in [-0.39, 0.29) is 6.54 Å². The van der Waals surface area contributed by atoms with Crippen LogP contribution in [0.5, 0.6) is 0 Å². The zero-order valence-corrected chi connectivity index (χ0v) is 13.1. The Balaban J connectivity index is 1.76. The first-order valence-corrected chi connectivity index (χ1v) is 7.72. The van der Waals surface area contributed by atoms with Gasteiger partial charge in [0.1, 0.15) is 11.6 Å². The normalized spacial score (nSPS) is 15.6. The van der Waals surface area contributed by atoms with E-state index in [9.17, 15) is 4.79 Å².